The maximum Gasteiger partial charge on any atom is 0.227 e. The molecule has 0 unspecified atom stereocenters. The molecule has 1 aliphatic rings. The van der Waals surface area contributed by atoms with Crippen LogP contribution in [0.3, 0.4) is 0 Å². The molecule has 2 aromatic heterocycles. The molecule has 2 amide bonds. The number of aromatic nitrogens is 4. The number of hydrogen-bond acceptors (Lipinski definition) is 4. The third-order valence-corrected chi connectivity index (χ3v) is 4.33. The number of fused-ring (bicyclic) bond motifs is 1. The lowest BCUT2D eigenvalue weighted by atomic mass is 10.1. The Kier molecular flexibility index (Phi) is 4.37. The number of amides is 2. The van der Waals surface area contributed by atoms with E-state index in [4.69, 9.17) is 0 Å². The zero-order valence-corrected chi connectivity index (χ0v) is 14.2. The number of nitrogens with one attached hydrogen (secondary N) is 2. The van der Waals surface area contributed by atoms with Crippen molar-refractivity contribution in [3.8, 4) is 0 Å². The summed E-state index contributed by atoms with van der Waals surface area (Å²) >= 11 is 0. The maximum atomic E-state index is 12.6. The van der Waals surface area contributed by atoms with Gasteiger partial charge < -0.3 is 10.2 Å². The van der Waals surface area contributed by atoms with E-state index in [1.165, 1.54) is 6.92 Å². The minimum atomic E-state index is -0.0800. The minimum Gasteiger partial charge on any atom is -0.351 e. The molecule has 0 aromatic carbocycles. The third-order valence-electron chi connectivity index (χ3n) is 4.33. The highest BCUT2D eigenvalue weighted by atomic mass is 16.2. The summed E-state index contributed by atoms with van der Waals surface area (Å²) in [5.41, 5.74) is 4.61. The number of hydrogen-bond donors (Lipinski definition) is 2. The van der Waals surface area contributed by atoms with Gasteiger partial charge in [-0.2, -0.15) is 10.2 Å². The van der Waals surface area contributed by atoms with Gasteiger partial charge in [0.15, 0.2) is 0 Å². The Bertz CT molecular complexity index is 756. The van der Waals surface area contributed by atoms with Gasteiger partial charge in [-0.25, -0.2) is 0 Å². The number of H-pyrrole nitrogens is 1. The molecule has 24 heavy (non-hydrogen) atoms. The summed E-state index contributed by atoms with van der Waals surface area (Å²) in [7, 11) is 0. The Morgan fingerprint density at radius 1 is 1.33 bits per heavy atom. The van der Waals surface area contributed by atoms with E-state index in [1.54, 1.807) is 0 Å². The van der Waals surface area contributed by atoms with Crippen LogP contribution in [-0.4, -0.2) is 43.2 Å². The predicted octanol–water partition coefficient (Wildman–Crippen LogP) is 0.444. The van der Waals surface area contributed by atoms with Gasteiger partial charge in [0.25, 0.3) is 0 Å². The first-order valence-corrected chi connectivity index (χ1v) is 8.02. The van der Waals surface area contributed by atoms with E-state index in [2.05, 4.69) is 20.6 Å². The molecule has 8 heteroatoms. The van der Waals surface area contributed by atoms with Gasteiger partial charge in [-0.05, 0) is 19.9 Å². The largest absolute Gasteiger partial charge is 0.351 e. The van der Waals surface area contributed by atoms with Crippen LogP contribution in [-0.2, 0) is 35.6 Å². The fraction of sp³-hybridized carbons (Fsp3) is 0.500. The molecule has 3 heterocycles. The van der Waals surface area contributed by atoms with Crippen LogP contribution in [0, 0.1) is 13.8 Å². The van der Waals surface area contributed by atoms with Gasteiger partial charge in [-0.1, -0.05) is 0 Å². The summed E-state index contributed by atoms with van der Waals surface area (Å²) < 4.78 is 1.91. The van der Waals surface area contributed by atoms with Gasteiger partial charge in [0.1, 0.15) is 0 Å². The average Bonchev–Trinajstić information content (AvgIpc) is 3.09. The smallest absolute Gasteiger partial charge is 0.227 e. The van der Waals surface area contributed by atoms with Crippen LogP contribution in [0.15, 0.2) is 6.07 Å². The predicted molar refractivity (Wildman–Crippen MR) is 86.9 cm³/mol. The number of carbonyl (C=O) groups is 2. The second-order valence-electron chi connectivity index (χ2n) is 6.16. The summed E-state index contributed by atoms with van der Waals surface area (Å²) in [4.78, 5) is 25.5. The number of nitrogens with zero attached hydrogens (tertiary/aromatic N) is 4. The van der Waals surface area contributed by atoms with E-state index in [1.807, 2.05) is 29.5 Å². The number of aromatic amines is 1. The molecule has 2 N–H and O–H groups in total. The van der Waals surface area contributed by atoms with Crippen LogP contribution in [0.5, 0.6) is 0 Å². The molecule has 0 spiro atoms. The first kappa shape index (κ1) is 16.2. The van der Waals surface area contributed by atoms with Crippen LogP contribution < -0.4 is 5.32 Å². The molecule has 1 aliphatic heterocycles. The van der Waals surface area contributed by atoms with Gasteiger partial charge in [-0.15, -0.1) is 0 Å². The summed E-state index contributed by atoms with van der Waals surface area (Å²) in [5.74, 6) is 0.0158. The van der Waals surface area contributed by atoms with E-state index in [-0.39, 0.29) is 11.8 Å². The van der Waals surface area contributed by atoms with E-state index >= 15 is 0 Å². The molecule has 0 saturated carbocycles. The lowest BCUT2D eigenvalue weighted by Gasteiger charge is -2.27. The highest BCUT2D eigenvalue weighted by Gasteiger charge is 2.23. The number of carbonyl (C=O) groups excluding carboxylic acids is 2. The maximum absolute atomic E-state index is 12.6. The molecule has 0 fully saturated rings. The van der Waals surface area contributed by atoms with E-state index in [0.717, 1.165) is 28.3 Å². The molecular weight excluding hydrogens is 308 g/mol. The van der Waals surface area contributed by atoms with Crippen LogP contribution in [0.1, 0.15) is 35.3 Å². The number of aryl methyl sites for hydroxylation is 2. The zero-order chi connectivity index (χ0) is 17.3. The van der Waals surface area contributed by atoms with Gasteiger partial charge in [0, 0.05) is 24.7 Å². The van der Waals surface area contributed by atoms with Crippen molar-refractivity contribution < 1.29 is 9.59 Å². The Balaban J connectivity index is 1.66. The standard InChI is InChI=1S/C16H22N6O2/c1-10-15(11(2)19-18-10)7-16(24)21-4-5-22-14(9-21)6-13(20-22)8-17-12(3)23/h6H,4-5,7-9H2,1-3H3,(H,17,23)(H,18,19). The molecule has 3 rings (SSSR count). The fourth-order valence-corrected chi connectivity index (χ4v) is 2.94. The van der Waals surface area contributed by atoms with Gasteiger partial charge >= 0.3 is 0 Å². The van der Waals surface area contributed by atoms with Crippen LogP contribution in [0.25, 0.3) is 0 Å². The lowest BCUT2D eigenvalue weighted by Crippen LogP contribution is -2.39. The second kappa shape index (κ2) is 6.46. The van der Waals surface area contributed by atoms with Crippen molar-refractivity contribution in [2.45, 2.75) is 46.8 Å². The Morgan fingerprint density at radius 2 is 2.12 bits per heavy atom. The Hall–Kier alpha value is -2.64. The quantitative estimate of drug-likeness (QED) is 0.850. The Labute approximate surface area is 140 Å². The van der Waals surface area contributed by atoms with Crippen molar-refractivity contribution in [3.05, 3.63) is 34.4 Å². The van der Waals surface area contributed by atoms with Gasteiger partial charge in [-0.3, -0.25) is 19.4 Å². The molecular formula is C16H22N6O2. The molecule has 0 atom stereocenters. The second-order valence-corrected chi connectivity index (χ2v) is 6.16. The molecule has 8 nitrogen and oxygen atoms in total. The summed E-state index contributed by atoms with van der Waals surface area (Å²) in [6.45, 7) is 7.59. The van der Waals surface area contributed by atoms with Crippen molar-refractivity contribution in [3.63, 3.8) is 0 Å². The van der Waals surface area contributed by atoms with Gasteiger partial charge in [0.2, 0.25) is 11.8 Å². The van der Waals surface area contributed by atoms with Crippen molar-refractivity contribution in [1.29, 1.82) is 0 Å². The van der Waals surface area contributed by atoms with E-state index in [0.29, 0.717) is 32.6 Å². The minimum absolute atomic E-state index is 0.0800. The van der Waals surface area contributed by atoms with E-state index < -0.39 is 0 Å². The molecule has 0 radical (unpaired) electrons. The van der Waals surface area contributed by atoms with Crippen molar-refractivity contribution in [2.75, 3.05) is 6.54 Å². The summed E-state index contributed by atoms with van der Waals surface area (Å²) in [6, 6.07) is 1.95. The highest BCUT2D eigenvalue weighted by molar-refractivity contribution is 5.79. The van der Waals surface area contributed by atoms with Gasteiger partial charge in [0.05, 0.1) is 43.1 Å². The summed E-state index contributed by atoms with van der Waals surface area (Å²) in [5, 5.41) is 14.3. The molecule has 0 aliphatic carbocycles. The Morgan fingerprint density at radius 3 is 2.79 bits per heavy atom. The average molecular weight is 330 g/mol. The lowest BCUT2D eigenvalue weighted by molar-refractivity contribution is -0.132. The SMILES string of the molecule is CC(=O)NCc1cc2n(n1)CCN(C(=O)Cc1c(C)n[nH]c1C)C2. The third kappa shape index (κ3) is 3.32. The van der Waals surface area contributed by atoms with Crippen LogP contribution in [0.2, 0.25) is 0 Å². The normalized spacial score (nSPS) is 13.7. The number of rotatable bonds is 4. The topological polar surface area (TPSA) is 95.9 Å². The molecule has 0 bridgehead atoms. The van der Waals surface area contributed by atoms with Crippen LogP contribution in [0.4, 0.5) is 0 Å². The highest BCUT2D eigenvalue weighted by Crippen LogP contribution is 2.17. The first-order valence-electron chi connectivity index (χ1n) is 8.02. The van der Waals surface area contributed by atoms with Crippen molar-refractivity contribution >= 4 is 11.8 Å². The van der Waals surface area contributed by atoms with Crippen molar-refractivity contribution in [2.24, 2.45) is 0 Å². The first-order chi connectivity index (χ1) is 11.4. The molecule has 0 saturated heterocycles. The summed E-state index contributed by atoms with van der Waals surface area (Å²) in [6.07, 6.45) is 0.362. The monoisotopic (exact) mass is 330 g/mol. The van der Waals surface area contributed by atoms with E-state index in [9.17, 15) is 9.59 Å². The zero-order valence-electron chi connectivity index (χ0n) is 14.2. The van der Waals surface area contributed by atoms with Crippen molar-refractivity contribution in [1.82, 2.24) is 30.2 Å². The molecule has 2 aromatic rings. The fourth-order valence-electron chi connectivity index (χ4n) is 2.94. The van der Waals surface area contributed by atoms with Crippen LogP contribution >= 0.6 is 0 Å². The molecule has 128 valence electrons.